The molecule has 4 aromatic heterocycles. The summed E-state index contributed by atoms with van der Waals surface area (Å²) >= 11 is 1.80. The molecule has 9 nitrogen and oxygen atoms in total. The number of aryl methyl sites for hydroxylation is 2. The van der Waals surface area contributed by atoms with E-state index in [-0.39, 0.29) is 0 Å². The Hall–Kier alpha value is -3.79. The number of benzene rings is 1. The van der Waals surface area contributed by atoms with Gasteiger partial charge >= 0.3 is 0 Å². The molecule has 31 heavy (non-hydrogen) atoms. The summed E-state index contributed by atoms with van der Waals surface area (Å²) in [6.07, 6.45) is 5.96. The predicted octanol–water partition coefficient (Wildman–Crippen LogP) is 3.39. The van der Waals surface area contributed by atoms with E-state index >= 15 is 0 Å². The van der Waals surface area contributed by atoms with E-state index in [1.165, 1.54) is 4.90 Å². The molecule has 0 fully saturated rings. The van der Waals surface area contributed by atoms with E-state index in [1.54, 1.807) is 35.2 Å². The maximum atomic E-state index is 4.57. The summed E-state index contributed by atoms with van der Waals surface area (Å²) in [6.45, 7) is 0. The lowest BCUT2D eigenvalue weighted by Crippen LogP contribution is -2.03. The molecule has 0 aliphatic heterocycles. The second kappa shape index (κ2) is 8.52. The zero-order valence-electron chi connectivity index (χ0n) is 16.8. The van der Waals surface area contributed by atoms with Crippen molar-refractivity contribution in [1.82, 2.24) is 39.3 Å². The van der Waals surface area contributed by atoms with Crippen LogP contribution < -0.4 is 5.32 Å². The summed E-state index contributed by atoms with van der Waals surface area (Å²) in [6, 6.07) is 15.9. The van der Waals surface area contributed by atoms with Gasteiger partial charge in [0.05, 0.1) is 17.6 Å². The molecule has 0 aliphatic carbocycles. The van der Waals surface area contributed by atoms with Crippen LogP contribution in [0.25, 0.3) is 17.0 Å². The Morgan fingerprint density at radius 1 is 0.968 bits per heavy atom. The minimum Gasteiger partial charge on any atom is -0.309 e. The number of fused-ring (bicyclic) bond motifs is 1. The SMILES string of the molecule is Cn1nccc1Nc1nccc(-c2cc3nnc(CCSc4ccccc4)n3cn2)n1. The number of rotatable bonds is 7. The average Bonchev–Trinajstić information content (AvgIpc) is 3.40. The van der Waals surface area contributed by atoms with E-state index < -0.39 is 0 Å². The Bertz CT molecular complexity index is 1310. The van der Waals surface area contributed by atoms with Crippen molar-refractivity contribution in [2.75, 3.05) is 11.1 Å². The summed E-state index contributed by atoms with van der Waals surface area (Å²) in [4.78, 5) is 14.7. The van der Waals surface area contributed by atoms with Crippen molar-refractivity contribution >= 4 is 29.2 Å². The first-order valence-electron chi connectivity index (χ1n) is 9.72. The highest BCUT2D eigenvalue weighted by Crippen LogP contribution is 2.20. The molecular formula is C21H19N9S. The topological polar surface area (TPSA) is 98.7 Å². The van der Waals surface area contributed by atoms with E-state index in [4.69, 9.17) is 0 Å². The van der Waals surface area contributed by atoms with Crippen LogP contribution >= 0.6 is 11.8 Å². The summed E-state index contributed by atoms with van der Waals surface area (Å²) in [5.41, 5.74) is 2.15. The van der Waals surface area contributed by atoms with Gasteiger partial charge in [0.25, 0.3) is 0 Å². The maximum absolute atomic E-state index is 4.57. The lowest BCUT2D eigenvalue weighted by Gasteiger charge is -2.06. The highest BCUT2D eigenvalue weighted by atomic mass is 32.2. The number of anilines is 2. The summed E-state index contributed by atoms with van der Waals surface area (Å²) < 4.78 is 3.64. The normalized spacial score (nSPS) is 11.1. The van der Waals surface area contributed by atoms with Crippen molar-refractivity contribution in [2.24, 2.45) is 7.05 Å². The van der Waals surface area contributed by atoms with Gasteiger partial charge in [-0.15, -0.1) is 22.0 Å². The zero-order valence-corrected chi connectivity index (χ0v) is 17.6. The fraction of sp³-hybridized carbons (Fsp3) is 0.143. The van der Waals surface area contributed by atoms with Crippen LogP contribution in [0.3, 0.4) is 0 Å². The van der Waals surface area contributed by atoms with Crippen molar-refractivity contribution in [3.63, 3.8) is 0 Å². The Labute approximate surface area is 182 Å². The Morgan fingerprint density at radius 2 is 1.87 bits per heavy atom. The van der Waals surface area contributed by atoms with Crippen LogP contribution in [0.1, 0.15) is 5.82 Å². The van der Waals surface area contributed by atoms with Gasteiger partial charge in [-0.2, -0.15) is 5.10 Å². The number of thioether (sulfide) groups is 1. The summed E-state index contributed by atoms with van der Waals surface area (Å²) in [5.74, 6) is 3.08. The first-order valence-corrected chi connectivity index (χ1v) is 10.7. The molecule has 4 heterocycles. The number of hydrogen-bond acceptors (Lipinski definition) is 8. The molecule has 5 aromatic rings. The molecular weight excluding hydrogens is 410 g/mol. The third kappa shape index (κ3) is 4.24. The van der Waals surface area contributed by atoms with Gasteiger partial charge in [-0.1, -0.05) is 18.2 Å². The van der Waals surface area contributed by atoms with Gasteiger partial charge in [0.2, 0.25) is 5.95 Å². The van der Waals surface area contributed by atoms with Crippen LogP contribution in [-0.4, -0.2) is 45.1 Å². The Morgan fingerprint density at radius 3 is 2.71 bits per heavy atom. The monoisotopic (exact) mass is 429 g/mol. The first-order chi connectivity index (χ1) is 15.3. The molecule has 0 bridgehead atoms. The van der Waals surface area contributed by atoms with E-state index in [1.807, 2.05) is 47.8 Å². The molecule has 1 N–H and O–H groups in total. The second-order valence-corrected chi connectivity index (χ2v) is 7.93. The van der Waals surface area contributed by atoms with Gasteiger partial charge in [-0.05, 0) is 18.2 Å². The van der Waals surface area contributed by atoms with Crippen LogP contribution in [-0.2, 0) is 13.5 Å². The molecule has 0 saturated carbocycles. The molecule has 0 amide bonds. The maximum Gasteiger partial charge on any atom is 0.228 e. The number of nitrogens with zero attached hydrogens (tertiary/aromatic N) is 8. The number of aromatic nitrogens is 8. The van der Waals surface area contributed by atoms with Crippen LogP contribution in [0, 0.1) is 0 Å². The van der Waals surface area contributed by atoms with Crippen molar-refractivity contribution in [3.8, 4) is 11.4 Å². The molecule has 0 unspecified atom stereocenters. The first kappa shape index (κ1) is 19.2. The standard InChI is InChI=1S/C21H19N9S/c1-29-18(8-11-24-29)26-21-22-10-7-16(25-21)17-13-20-28-27-19(30(20)14-23-17)9-12-31-15-5-3-2-4-6-15/h2-8,10-11,13-14H,9,12H2,1H3,(H,22,25,26). The van der Waals surface area contributed by atoms with E-state index in [0.29, 0.717) is 17.3 Å². The van der Waals surface area contributed by atoms with Gasteiger partial charge in [0.15, 0.2) is 5.65 Å². The minimum absolute atomic E-state index is 0.475. The van der Waals surface area contributed by atoms with Gasteiger partial charge in [0.1, 0.15) is 18.0 Å². The minimum atomic E-state index is 0.475. The molecule has 10 heteroatoms. The fourth-order valence-corrected chi connectivity index (χ4v) is 3.97. The molecule has 0 aliphatic rings. The lowest BCUT2D eigenvalue weighted by molar-refractivity contribution is 0.775. The Kier molecular flexibility index (Phi) is 5.28. The van der Waals surface area contributed by atoms with Gasteiger partial charge in [-0.3, -0.25) is 9.08 Å². The quantitative estimate of drug-likeness (QED) is 0.393. The van der Waals surface area contributed by atoms with E-state index in [9.17, 15) is 0 Å². The molecule has 5 rings (SSSR count). The summed E-state index contributed by atoms with van der Waals surface area (Å²) in [5, 5.41) is 16.0. The lowest BCUT2D eigenvalue weighted by atomic mass is 10.3. The smallest absolute Gasteiger partial charge is 0.228 e. The highest BCUT2D eigenvalue weighted by Gasteiger charge is 2.10. The van der Waals surface area contributed by atoms with E-state index in [0.717, 1.165) is 29.5 Å². The van der Waals surface area contributed by atoms with Crippen molar-refractivity contribution in [3.05, 3.63) is 73.1 Å². The molecule has 0 radical (unpaired) electrons. The largest absolute Gasteiger partial charge is 0.309 e. The van der Waals surface area contributed by atoms with Crippen molar-refractivity contribution in [1.29, 1.82) is 0 Å². The third-order valence-corrected chi connectivity index (χ3v) is 5.70. The Balaban J connectivity index is 1.32. The van der Waals surface area contributed by atoms with Crippen LogP contribution in [0.5, 0.6) is 0 Å². The third-order valence-electron chi connectivity index (χ3n) is 4.69. The molecule has 0 atom stereocenters. The molecule has 0 saturated heterocycles. The fourth-order valence-electron chi connectivity index (χ4n) is 3.10. The van der Waals surface area contributed by atoms with Crippen LogP contribution in [0.2, 0.25) is 0 Å². The predicted molar refractivity (Wildman–Crippen MR) is 119 cm³/mol. The zero-order chi connectivity index (χ0) is 21.0. The van der Waals surface area contributed by atoms with Gasteiger partial charge in [-0.25, -0.2) is 15.0 Å². The van der Waals surface area contributed by atoms with Crippen molar-refractivity contribution in [2.45, 2.75) is 11.3 Å². The number of hydrogen-bond donors (Lipinski definition) is 1. The summed E-state index contributed by atoms with van der Waals surface area (Å²) in [7, 11) is 1.85. The average molecular weight is 430 g/mol. The molecule has 1 aromatic carbocycles. The van der Waals surface area contributed by atoms with Gasteiger partial charge in [0, 0.05) is 42.4 Å². The van der Waals surface area contributed by atoms with Crippen LogP contribution in [0.4, 0.5) is 11.8 Å². The number of nitrogens with one attached hydrogen (secondary N) is 1. The molecule has 0 spiro atoms. The van der Waals surface area contributed by atoms with Crippen LogP contribution in [0.15, 0.2) is 72.1 Å². The van der Waals surface area contributed by atoms with Crippen molar-refractivity contribution < 1.29 is 0 Å². The highest BCUT2D eigenvalue weighted by molar-refractivity contribution is 7.99. The second-order valence-electron chi connectivity index (χ2n) is 6.76. The molecule has 154 valence electrons. The van der Waals surface area contributed by atoms with Gasteiger partial charge < -0.3 is 5.32 Å². The van der Waals surface area contributed by atoms with E-state index in [2.05, 4.69) is 47.7 Å².